The fraction of sp³-hybridized carbons (Fsp3) is 0. The Labute approximate surface area is 135 Å². The van der Waals surface area contributed by atoms with Gasteiger partial charge in [-0.1, -0.05) is 23.7 Å². The Balaban J connectivity index is 2.42. The number of anilines is 1. The van der Waals surface area contributed by atoms with E-state index in [1.165, 1.54) is 0 Å². The van der Waals surface area contributed by atoms with Gasteiger partial charge in [-0.15, -0.1) is 0 Å². The molecule has 6 nitrogen and oxygen atoms in total. The number of nitrogens with two attached hydrogens (primary N) is 1. The van der Waals surface area contributed by atoms with Gasteiger partial charge in [0.2, 0.25) is 0 Å². The minimum Gasteiger partial charge on any atom is -0.384 e. The first kappa shape index (κ1) is 14.6. The first-order valence-electron chi connectivity index (χ1n) is 6.47. The molecule has 0 aliphatic heterocycles. The van der Waals surface area contributed by atoms with E-state index in [2.05, 4.69) is 9.97 Å². The summed E-state index contributed by atoms with van der Waals surface area (Å²) in [6.07, 6.45) is 1.55. The lowest BCUT2D eigenvalue weighted by Gasteiger charge is -2.10. The summed E-state index contributed by atoms with van der Waals surface area (Å²) >= 11 is 6.03. The molecule has 2 aromatic heterocycles. The molecule has 0 fully saturated rings. The molecule has 1 aromatic carbocycles. The molecule has 23 heavy (non-hydrogen) atoms. The van der Waals surface area contributed by atoms with Gasteiger partial charge in [0.05, 0.1) is 0 Å². The highest BCUT2D eigenvalue weighted by Crippen LogP contribution is 2.31. The summed E-state index contributed by atoms with van der Waals surface area (Å²) in [6, 6.07) is 10.7. The maximum absolute atomic E-state index is 12.0. The lowest BCUT2D eigenvalue weighted by atomic mass is 9.95. The van der Waals surface area contributed by atoms with Gasteiger partial charge in [-0.2, -0.15) is 10.5 Å². The van der Waals surface area contributed by atoms with Crippen molar-refractivity contribution in [1.82, 2.24) is 9.97 Å². The van der Waals surface area contributed by atoms with E-state index in [1.54, 1.807) is 30.5 Å². The number of rotatable bonds is 1. The smallest absolute Gasteiger partial charge is 0.268 e. The van der Waals surface area contributed by atoms with E-state index >= 15 is 0 Å². The van der Waals surface area contributed by atoms with Crippen LogP contribution in [0.4, 0.5) is 5.82 Å². The Morgan fingerprint density at radius 2 is 1.91 bits per heavy atom. The Kier molecular flexibility index (Phi) is 3.46. The second-order valence-corrected chi connectivity index (χ2v) is 5.11. The van der Waals surface area contributed by atoms with Gasteiger partial charge in [-0.25, -0.2) is 4.98 Å². The lowest BCUT2D eigenvalue weighted by molar-refractivity contribution is 1.21. The van der Waals surface area contributed by atoms with Crippen LogP contribution < -0.4 is 11.3 Å². The van der Waals surface area contributed by atoms with Crippen LogP contribution in [0.5, 0.6) is 0 Å². The van der Waals surface area contributed by atoms with Crippen LogP contribution in [0.15, 0.2) is 35.3 Å². The average Bonchev–Trinajstić information content (AvgIpc) is 2.54. The number of hydrogen-bond donors (Lipinski definition) is 2. The number of nitrogens with zero attached hydrogens (tertiary/aromatic N) is 3. The summed E-state index contributed by atoms with van der Waals surface area (Å²) < 4.78 is 0. The predicted molar refractivity (Wildman–Crippen MR) is 86.7 cm³/mol. The van der Waals surface area contributed by atoms with Crippen LogP contribution in [0.1, 0.15) is 11.1 Å². The van der Waals surface area contributed by atoms with E-state index < -0.39 is 5.56 Å². The first-order chi connectivity index (χ1) is 11.1. The Hall–Kier alpha value is -3.35. The highest BCUT2D eigenvalue weighted by molar-refractivity contribution is 6.34. The van der Waals surface area contributed by atoms with Crippen molar-refractivity contribution < 1.29 is 0 Å². The van der Waals surface area contributed by atoms with Gasteiger partial charge in [0.1, 0.15) is 34.2 Å². The highest BCUT2D eigenvalue weighted by Gasteiger charge is 2.18. The van der Waals surface area contributed by atoms with E-state index in [-0.39, 0.29) is 22.5 Å². The molecule has 110 valence electrons. The molecule has 0 aliphatic rings. The van der Waals surface area contributed by atoms with E-state index in [4.69, 9.17) is 17.3 Å². The molecule has 2 heterocycles. The molecule has 3 aromatic rings. The summed E-state index contributed by atoms with van der Waals surface area (Å²) in [5.41, 5.74) is 5.73. The minimum atomic E-state index is -0.633. The normalized spacial score (nSPS) is 10.2. The number of pyridine rings is 2. The van der Waals surface area contributed by atoms with Crippen LogP contribution in [0.3, 0.4) is 0 Å². The number of halogens is 1. The number of nitrogen functional groups attached to an aromatic ring is 1. The Morgan fingerprint density at radius 1 is 1.17 bits per heavy atom. The third kappa shape index (κ3) is 2.28. The molecule has 0 amide bonds. The number of hydrogen-bond acceptors (Lipinski definition) is 5. The summed E-state index contributed by atoms with van der Waals surface area (Å²) in [6.45, 7) is 0. The fourth-order valence-corrected chi connectivity index (χ4v) is 2.66. The monoisotopic (exact) mass is 321 g/mol. The zero-order valence-corrected chi connectivity index (χ0v) is 12.3. The van der Waals surface area contributed by atoms with Gasteiger partial charge in [0, 0.05) is 17.1 Å². The second kappa shape index (κ2) is 5.45. The third-order valence-electron chi connectivity index (χ3n) is 3.47. The van der Waals surface area contributed by atoms with E-state index in [0.717, 1.165) is 10.8 Å². The van der Waals surface area contributed by atoms with Crippen molar-refractivity contribution in [2.24, 2.45) is 0 Å². The van der Waals surface area contributed by atoms with Gasteiger partial charge in [-0.3, -0.25) is 4.79 Å². The van der Waals surface area contributed by atoms with Crippen LogP contribution in [0, 0.1) is 22.7 Å². The molecule has 0 spiro atoms. The molecule has 0 saturated heterocycles. The van der Waals surface area contributed by atoms with E-state index in [9.17, 15) is 15.3 Å². The zero-order chi connectivity index (χ0) is 16.6. The largest absolute Gasteiger partial charge is 0.384 e. The number of nitriles is 2. The molecule has 3 rings (SSSR count). The summed E-state index contributed by atoms with van der Waals surface area (Å²) in [5, 5.41) is 20.5. The number of fused-ring (bicyclic) bond motifs is 1. The fourth-order valence-electron chi connectivity index (χ4n) is 2.43. The summed E-state index contributed by atoms with van der Waals surface area (Å²) in [4.78, 5) is 18.3. The standard InChI is InChI=1S/C16H8ClN5O/c17-14-10-2-1-9(5-8(10)3-4-21-14)13-11(6-18)15(20)22-16(23)12(13)7-19/h1-5H,(H3,20,22,23). The van der Waals surface area contributed by atoms with Crippen molar-refractivity contribution in [2.75, 3.05) is 5.73 Å². The highest BCUT2D eigenvalue weighted by atomic mass is 35.5. The van der Waals surface area contributed by atoms with Crippen molar-refractivity contribution in [1.29, 1.82) is 10.5 Å². The molecule has 0 aliphatic carbocycles. The predicted octanol–water partition coefficient (Wildman–Crippen LogP) is 2.57. The number of aromatic nitrogens is 2. The summed E-state index contributed by atoms with van der Waals surface area (Å²) in [5.74, 6) is -0.0700. The van der Waals surface area contributed by atoms with Crippen LogP contribution in [-0.4, -0.2) is 9.97 Å². The lowest BCUT2D eigenvalue weighted by Crippen LogP contribution is -2.16. The Morgan fingerprint density at radius 3 is 2.61 bits per heavy atom. The number of nitrogens with one attached hydrogen (secondary N) is 1. The van der Waals surface area contributed by atoms with E-state index in [0.29, 0.717) is 10.7 Å². The van der Waals surface area contributed by atoms with Crippen molar-refractivity contribution in [2.45, 2.75) is 0 Å². The summed E-state index contributed by atoms with van der Waals surface area (Å²) in [7, 11) is 0. The SMILES string of the molecule is N#Cc1c(N)[nH]c(=O)c(C#N)c1-c1ccc2c(Cl)nccc2c1. The van der Waals surface area contributed by atoms with Crippen LogP contribution >= 0.6 is 11.6 Å². The third-order valence-corrected chi connectivity index (χ3v) is 3.77. The van der Waals surface area contributed by atoms with Crippen molar-refractivity contribution in [3.8, 4) is 23.3 Å². The average molecular weight is 322 g/mol. The maximum Gasteiger partial charge on any atom is 0.268 e. The molecule has 0 atom stereocenters. The molecular formula is C16H8ClN5O. The zero-order valence-electron chi connectivity index (χ0n) is 11.6. The van der Waals surface area contributed by atoms with Gasteiger partial charge in [0.25, 0.3) is 5.56 Å². The van der Waals surface area contributed by atoms with Crippen LogP contribution in [0.25, 0.3) is 21.9 Å². The van der Waals surface area contributed by atoms with Gasteiger partial charge < -0.3 is 10.7 Å². The maximum atomic E-state index is 12.0. The van der Waals surface area contributed by atoms with Crippen molar-refractivity contribution in [3.05, 3.63) is 57.1 Å². The second-order valence-electron chi connectivity index (χ2n) is 4.75. The van der Waals surface area contributed by atoms with Crippen molar-refractivity contribution in [3.63, 3.8) is 0 Å². The molecule has 0 unspecified atom stereocenters. The van der Waals surface area contributed by atoms with Crippen LogP contribution in [0.2, 0.25) is 5.15 Å². The van der Waals surface area contributed by atoms with Crippen LogP contribution in [-0.2, 0) is 0 Å². The number of aromatic amines is 1. The van der Waals surface area contributed by atoms with Gasteiger partial charge in [-0.05, 0) is 23.1 Å². The first-order valence-corrected chi connectivity index (χ1v) is 6.85. The van der Waals surface area contributed by atoms with Gasteiger partial charge >= 0.3 is 0 Å². The Bertz CT molecular complexity index is 1090. The quantitative estimate of drug-likeness (QED) is 0.667. The molecule has 0 radical (unpaired) electrons. The molecule has 0 saturated carbocycles. The van der Waals surface area contributed by atoms with E-state index in [1.807, 2.05) is 12.1 Å². The molecule has 7 heteroatoms. The topological polar surface area (TPSA) is 119 Å². The number of H-pyrrole nitrogens is 1. The molecular weight excluding hydrogens is 314 g/mol. The number of benzene rings is 1. The van der Waals surface area contributed by atoms with Gasteiger partial charge in [0.15, 0.2) is 0 Å². The molecule has 0 bridgehead atoms. The minimum absolute atomic E-state index is 0.0562. The van der Waals surface area contributed by atoms with Crippen molar-refractivity contribution >= 4 is 28.2 Å². The molecule has 3 N–H and O–H groups in total.